The predicted octanol–water partition coefficient (Wildman–Crippen LogP) is 1.52. The molecule has 0 radical (unpaired) electrons. The molecule has 3 heterocycles. The average Bonchev–Trinajstić information content (AvgIpc) is 3.19. The van der Waals surface area contributed by atoms with Gasteiger partial charge in [0.15, 0.2) is 5.65 Å². The van der Waals surface area contributed by atoms with Crippen LogP contribution in [0.15, 0.2) is 41.3 Å². The first-order valence-corrected chi connectivity index (χ1v) is 9.38. The number of quaternary nitrogens is 1. The molecule has 1 aliphatic rings. The van der Waals surface area contributed by atoms with E-state index in [2.05, 4.69) is 61.2 Å². The number of nitrogens with one attached hydrogen (secondary N) is 2. The van der Waals surface area contributed by atoms with Gasteiger partial charge in [-0.25, -0.2) is 9.67 Å². The minimum Gasteiger partial charge on any atom is -0.330 e. The molecule has 0 aliphatic carbocycles. The summed E-state index contributed by atoms with van der Waals surface area (Å²) in [5, 5.41) is 4.91. The van der Waals surface area contributed by atoms with Gasteiger partial charge in [-0.15, -0.1) is 0 Å². The summed E-state index contributed by atoms with van der Waals surface area (Å²) in [5.74, 6) is 1.55. The molecule has 2 N–H and O–H groups in total. The number of nitrogens with zero attached hydrogens (tertiary/aromatic N) is 3. The lowest BCUT2D eigenvalue weighted by atomic mass is 9.97. The lowest BCUT2D eigenvalue weighted by Crippen LogP contribution is -3.09. The molecule has 0 amide bonds. The molecule has 1 fully saturated rings. The van der Waals surface area contributed by atoms with Gasteiger partial charge in [0, 0.05) is 17.5 Å². The Morgan fingerprint density at radius 1 is 1.27 bits per heavy atom. The van der Waals surface area contributed by atoms with Crippen molar-refractivity contribution in [3.8, 4) is 0 Å². The zero-order chi connectivity index (χ0) is 18.3. The predicted molar refractivity (Wildman–Crippen MR) is 101 cm³/mol. The number of aromatic nitrogens is 4. The van der Waals surface area contributed by atoms with Gasteiger partial charge < -0.3 is 9.88 Å². The molecule has 1 saturated heterocycles. The number of hydrogen-bond acceptors (Lipinski definition) is 3. The Morgan fingerprint density at radius 3 is 2.77 bits per heavy atom. The van der Waals surface area contributed by atoms with Crippen molar-refractivity contribution in [2.45, 2.75) is 39.3 Å². The molecule has 2 aromatic heterocycles. The fraction of sp³-hybridized carbons (Fsp3) is 0.450. The van der Waals surface area contributed by atoms with Gasteiger partial charge in [0.2, 0.25) is 0 Å². The quantitative estimate of drug-likeness (QED) is 0.748. The molecule has 0 bridgehead atoms. The maximum Gasteiger partial charge on any atom is 0.262 e. The molecular formula is C20H26N5O+. The Labute approximate surface area is 152 Å². The summed E-state index contributed by atoms with van der Waals surface area (Å²) in [5.41, 5.74) is 1.97. The molecule has 0 saturated carbocycles. The van der Waals surface area contributed by atoms with Crippen molar-refractivity contribution in [3.63, 3.8) is 0 Å². The van der Waals surface area contributed by atoms with E-state index in [0.717, 1.165) is 25.5 Å². The molecule has 4 rings (SSSR count). The summed E-state index contributed by atoms with van der Waals surface area (Å²) in [6.07, 6.45) is 1.62. The Hall–Kier alpha value is -2.47. The lowest BCUT2D eigenvalue weighted by Gasteiger charge is -2.13. The highest BCUT2D eigenvalue weighted by Gasteiger charge is 2.36. The molecule has 1 aromatic carbocycles. The maximum atomic E-state index is 12.5. The molecule has 3 aromatic rings. The van der Waals surface area contributed by atoms with Crippen LogP contribution in [0.1, 0.15) is 44.1 Å². The van der Waals surface area contributed by atoms with E-state index in [0.29, 0.717) is 17.0 Å². The van der Waals surface area contributed by atoms with E-state index in [4.69, 9.17) is 4.98 Å². The van der Waals surface area contributed by atoms with Gasteiger partial charge in [0.05, 0.1) is 25.2 Å². The number of rotatable bonds is 4. The minimum atomic E-state index is -0.0828. The van der Waals surface area contributed by atoms with Crippen molar-refractivity contribution in [2.24, 2.45) is 5.92 Å². The molecule has 136 valence electrons. The van der Waals surface area contributed by atoms with Gasteiger partial charge in [-0.1, -0.05) is 37.3 Å². The van der Waals surface area contributed by atoms with Crippen molar-refractivity contribution in [2.75, 3.05) is 13.1 Å². The van der Waals surface area contributed by atoms with Gasteiger partial charge in [-0.3, -0.25) is 4.79 Å². The van der Waals surface area contributed by atoms with Gasteiger partial charge in [0.1, 0.15) is 17.8 Å². The van der Waals surface area contributed by atoms with Gasteiger partial charge in [-0.2, -0.15) is 5.10 Å². The van der Waals surface area contributed by atoms with E-state index >= 15 is 0 Å². The SMILES string of the molecule is CC(C)n1ncc2c(=O)[nH]c([C@@H]3C[NH+](Cc4ccccc4)C[C@H]3C)nc21. The maximum absolute atomic E-state index is 12.5. The van der Waals surface area contributed by atoms with Crippen LogP contribution in [0.4, 0.5) is 0 Å². The third kappa shape index (κ3) is 3.05. The first kappa shape index (κ1) is 17.0. The van der Waals surface area contributed by atoms with E-state index < -0.39 is 0 Å². The second-order valence-electron chi connectivity index (χ2n) is 7.78. The largest absolute Gasteiger partial charge is 0.330 e. The van der Waals surface area contributed by atoms with Gasteiger partial charge >= 0.3 is 0 Å². The second kappa shape index (κ2) is 6.68. The monoisotopic (exact) mass is 352 g/mol. The Balaban J connectivity index is 1.63. The number of fused-ring (bicyclic) bond motifs is 1. The third-order valence-corrected chi connectivity index (χ3v) is 5.43. The van der Waals surface area contributed by atoms with Crippen LogP contribution in [0.2, 0.25) is 0 Å². The van der Waals surface area contributed by atoms with Crippen LogP contribution < -0.4 is 10.5 Å². The fourth-order valence-corrected chi connectivity index (χ4v) is 4.09. The smallest absolute Gasteiger partial charge is 0.262 e. The third-order valence-electron chi connectivity index (χ3n) is 5.43. The summed E-state index contributed by atoms with van der Waals surface area (Å²) in [6, 6.07) is 10.8. The number of aromatic amines is 1. The summed E-state index contributed by atoms with van der Waals surface area (Å²) in [4.78, 5) is 21.9. The van der Waals surface area contributed by atoms with Crippen LogP contribution in [-0.4, -0.2) is 32.8 Å². The first-order valence-electron chi connectivity index (χ1n) is 9.38. The zero-order valence-corrected chi connectivity index (χ0v) is 15.6. The van der Waals surface area contributed by atoms with Crippen LogP contribution in [0.25, 0.3) is 11.0 Å². The van der Waals surface area contributed by atoms with Crippen LogP contribution in [0.3, 0.4) is 0 Å². The Morgan fingerprint density at radius 2 is 2.04 bits per heavy atom. The average molecular weight is 352 g/mol. The summed E-state index contributed by atoms with van der Waals surface area (Å²) in [7, 11) is 0. The Bertz CT molecular complexity index is 959. The lowest BCUT2D eigenvalue weighted by molar-refractivity contribution is -0.903. The molecule has 26 heavy (non-hydrogen) atoms. The molecule has 0 spiro atoms. The molecule has 1 unspecified atom stereocenters. The van der Waals surface area contributed by atoms with E-state index in [9.17, 15) is 4.79 Å². The molecule has 6 nitrogen and oxygen atoms in total. The summed E-state index contributed by atoms with van der Waals surface area (Å²) in [6.45, 7) is 9.45. The second-order valence-corrected chi connectivity index (χ2v) is 7.78. The van der Waals surface area contributed by atoms with Crippen LogP contribution in [0.5, 0.6) is 0 Å². The van der Waals surface area contributed by atoms with Crippen LogP contribution in [0, 0.1) is 5.92 Å². The number of hydrogen-bond donors (Lipinski definition) is 2. The molecule has 1 aliphatic heterocycles. The van der Waals surface area contributed by atoms with Gasteiger partial charge in [-0.05, 0) is 13.8 Å². The summed E-state index contributed by atoms with van der Waals surface area (Å²) >= 11 is 0. The highest BCUT2D eigenvalue weighted by Crippen LogP contribution is 2.24. The van der Waals surface area contributed by atoms with E-state index in [1.807, 2.05) is 4.68 Å². The normalized spacial score (nSPS) is 23.2. The van der Waals surface area contributed by atoms with E-state index in [1.54, 1.807) is 6.20 Å². The van der Waals surface area contributed by atoms with Crippen LogP contribution in [-0.2, 0) is 6.54 Å². The van der Waals surface area contributed by atoms with Crippen LogP contribution >= 0.6 is 0 Å². The Kier molecular flexibility index (Phi) is 4.36. The minimum absolute atomic E-state index is 0.0828. The van der Waals surface area contributed by atoms with Crippen molar-refractivity contribution in [1.29, 1.82) is 0 Å². The van der Waals surface area contributed by atoms with Crippen molar-refractivity contribution < 1.29 is 4.90 Å². The standard InChI is InChI=1S/C20H25N5O/c1-13(2)25-19-16(9-21-25)20(26)23-18(22-19)17-12-24(10-14(17)3)11-15-7-5-4-6-8-15/h4-9,13-14,17H,10-12H2,1-3H3,(H,22,23,26)/p+1/t14-,17-/m1/s1. The van der Waals surface area contributed by atoms with E-state index in [1.165, 1.54) is 10.5 Å². The van der Waals surface area contributed by atoms with E-state index in [-0.39, 0.29) is 17.5 Å². The zero-order valence-electron chi connectivity index (χ0n) is 15.6. The number of H-pyrrole nitrogens is 1. The fourth-order valence-electron chi connectivity index (χ4n) is 4.09. The molecular weight excluding hydrogens is 326 g/mol. The van der Waals surface area contributed by atoms with Crippen molar-refractivity contribution >= 4 is 11.0 Å². The summed E-state index contributed by atoms with van der Waals surface area (Å²) < 4.78 is 1.84. The van der Waals surface area contributed by atoms with Gasteiger partial charge in [0.25, 0.3) is 5.56 Å². The highest BCUT2D eigenvalue weighted by atomic mass is 16.1. The molecule has 6 heteroatoms. The van der Waals surface area contributed by atoms with Crippen molar-refractivity contribution in [3.05, 3.63) is 58.3 Å². The van der Waals surface area contributed by atoms with Crippen molar-refractivity contribution in [1.82, 2.24) is 19.7 Å². The topological polar surface area (TPSA) is 68.0 Å². The highest BCUT2D eigenvalue weighted by molar-refractivity contribution is 5.73. The first-order chi connectivity index (χ1) is 12.5. The number of likely N-dealkylation sites (tertiary alicyclic amines) is 1. The number of benzene rings is 1. The molecule has 3 atom stereocenters.